The topological polar surface area (TPSA) is 15.7 Å². The molecule has 7 aromatic rings. The molecule has 0 saturated carbocycles. The van der Waals surface area contributed by atoms with Crippen LogP contribution in [0.25, 0.3) is 0 Å². The van der Waals surface area contributed by atoms with E-state index in [2.05, 4.69) is 180 Å². The summed E-state index contributed by atoms with van der Waals surface area (Å²) >= 11 is 0. The van der Waals surface area contributed by atoms with Gasteiger partial charge in [-0.25, -0.2) is 0 Å². The normalized spacial score (nSPS) is 13.5. The van der Waals surface area contributed by atoms with Gasteiger partial charge in [0.05, 0.1) is 0 Å². The Bertz CT molecular complexity index is 2310. The molecule has 3 nitrogen and oxygen atoms in total. The standard InChI is InChI=1S/C42H28B2N2O/c1-4-16-29(17-5-1)43-32-22-10-13-25-35(32)45(30-18-6-2-7-19-30)37-28-39-41-42(40(37)43)46(31-20-8-3-9-21-31)36-26-14-11-23-33(36)44(41)34-24-12-15-27-38(34)47-39/h1-28H. The van der Waals surface area contributed by atoms with Crippen molar-refractivity contribution in [1.29, 1.82) is 0 Å². The second-order valence-electron chi connectivity index (χ2n) is 12.4. The van der Waals surface area contributed by atoms with Crippen molar-refractivity contribution in [3.63, 3.8) is 0 Å². The lowest BCUT2D eigenvalue weighted by Gasteiger charge is -2.45. The van der Waals surface area contributed by atoms with Crippen molar-refractivity contribution in [1.82, 2.24) is 0 Å². The highest BCUT2D eigenvalue weighted by Gasteiger charge is 2.47. The van der Waals surface area contributed by atoms with E-state index < -0.39 is 0 Å². The van der Waals surface area contributed by atoms with Crippen LogP contribution in [0.3, 0.4) is 0 Å². The SMILES string of the molecule is c1ccc(B2c3ccccc3N(c3ccccc3)c3cc4c5c(c32)N(c2ccccc2)c2ccccc2B5c2ccccc2O4)cc1. The van der Waals surface area contributed by atoms with Crippen LogP contribution in [0.1, 0.15) is 0 Å². The van der Waals surface area contributed by atoms with Gasteiger partial charge in [-0.1, -0.05) is 127 Å². The molecular weight excluding hydrogens is 570 g/mol. The van der Waals surface area contributed by atoms with Crippen molar-refractivity contribution in [2.45, 2.75) is 0 Å². The number of nitrogens with zero attached hydrogens (tertiary/aromatic N) is 2. The van der Waals surface area contributed by atoms with E-state index in [-0.39, 0.29) is 13.4 Å². The largest absolute Gasteiger partial charge is 0.458 e. The average Bonchev–Trinajstić information content (AvgIpc) is 3.14. The summed E-state index contributed by atoms with van der Waals surface area (Å²) in [4.78, 5) is 4.93. The van der Waals surface area contributed by atoms with Gasteiger partial charge in [0.2, 0.25) is 6.71 Å². The summed E-state index contributed by atoms with van der Waals surface area (Å²) in [7, 11) is 0. The highest BCUT2D eigenvalue weighted by atomic mass is 16.5. The van der Waals surface area contributed by atoms with Gasteiger partial charge in [-0.2, -0.15) is 0 Å². The van der Waals surface area contributed by atoms with Crippen LogP contribution in [0.15, 0.2) is 170 Å². The first kappa shape index (κ1) is 26.3. The molecule has 0 bridgehead atoms. The molecule has 218 valence electrons. The Morgan fingerprint density at radius 1 is 0.383 bits per heavy atom. The van der Waals surface area contributed by atoms with Crippen LogP contribution in [0.5, 0.6) is 11.5 Å². The van der Waals surface area contributed by atoms with Crippen LogP contribution < -0.4 is 47.3 Å². The lowest BCUT2D eigenvalue weighted by molar-refractivity contribution is 0.488. The first-order valence-corrected chi connectivity index (χ1v) is 16.3. The lowest BCUT2D eigenvalue weighted by Crippen LogP contribution is -2.65. The number of fused-ring (bicyclic) bond motifs is 7. The van der Waals surface area contributed by atoms with Crippen LogP contribution in [-0.4, -0.2) is 13.4 Å². The molecule has 0 aliphatic carbocycles. The molecule has 3 aliphatic heterocycles. The summed E-state index contributed by atoms with van der Waals surface area (Å²) in [5.41, 5.74) is 14.5. The Balaban J connectivity index is 1.39. The van der Waals surface area contributed by atoms with Crippen LogP contribution >= 0.6 is 0 Å². The predicted molar refractivity (Wildman–Crippen MR) is 198 cm³/mol. The molecule has 0 atom stereocenters. The number of para-hydroxylation sites is 5. The number of ether oxygens (including phenoxy) is 1. The Morgan fingerprint density at radius 2 is 0.894 bits per heavy atom. The summed E-state index contributed by atoms with van der Waals surface area (Å²) in [6.07, 6.45) is 0. The average molecular weight is 598 g/mol. The van der Waals surface area contributed by atoms with E-state index in [1.807, 2.05) is 0 Å². The van der Waals surface area contributed by atoms with Gasteiger partial charge >= 0.3 is 0 Å². The summed E-state index contributed by atoms with van der Waals surface area (Å²) in [5.74, 6) is 1.82. The van der Waals surface area contributed by atoms with Gasteiger partial charge < -0.3 is 14.5 Å². The Kier molecular flexibility index (Phi) is 5.76. The summed E-state index contributed by atoms with van der Waals surface area (Å²) in [6, 6.07) is 61.3. The first-order chi connectivity index (χ1) is 23.4. The molecule has 3 aliphatic rings. The van der Waals surface area contributed by atoms with Gasteiger partial charge in [-0.15, -0.1) is 0 Å². The zero-order valence-corrected chi connectivity index (χ0v) is 25.6. The maximum absolute atomic E-state index is 6.95. The Labute approximate surface area is 275 Å². The monoisotopic (exact) mass is 598 g/mol. The van der Waals surface area contributed by atoms with Crippen LogP contribution in [0, 0.1) is 0 Å². The lowest BCUT2D eigenvalue weighted by atomic mass is 9.30. The summed E-state index contributed by atoms with van der Waals surface area (Å²) < 4.78 is 6.95. The summed E-state index contributed by atoms with van der Waals surface area (Å²) in [6.45, 7) is 0.0298. The zero-order valence-electron chi connectivity index (χ0n) is 25.6. The van der Waals surface area contributed by atoms with Gasteiger partial charge in [0.25, 0.3) is 6.71 Å². The second-order valence-corrected chi connectivity index (χ2v) is 12.4. The van der Waals surface area contributed by atoms with Crippen LogP contribution in [0.4, 0.5) is 34.1 Å². The highest BCUT2D eigenvalue weighted by molar-refractivity contribution is 7.03. The van der Waals surface area contributed by atoms with Gasteiger partial charge in [-0.05, 0) is 69.8 Å². The van der Waals surface area contributed by atoms with Crippen molar-refractivity contribution >= 4 is 80.3 Å². The van der Waals surface area contributed by atoms with E-state index in [4.69, 9.17) is 4.74 Å². The predicted octanol–water partition coefficient (Wildman–Crippen LogP) is 6.39. The second kappa shape index (κ2) is 10.3. The number of rotatable bonds is 3. The first-order valence-electron chi connectivity index (χ1n) is 16.3. The summed E-state index contributed by atoms with van der Waals surface area (Å²) in [5, 5.41) is 0. The van der Waals surface area contributed by atoms with E-state index in [0.717, 1.165) is 28.6 Å². The number of hydrogen-bond acceptors (Lipinski definition) is 3. The molecule has 0 spiro atoms. The zero-order chi connectivity index (χ0) is 30.9. The molecule has 0 unspecified atom stereocenters. The van der Waals surface area contributed by atoms with Crippen molar-refractivity contribution in [2.75, 3.05) is 9.80 Å². The molecule has 0 fully saturated rings. The molecule has 0 saturated heterocycles. The molecular formula is C42H28B2N2O. The van der Waals surface area contributed by atoms with E-state index >= 15 is 0 Å². The molecule has 5 heteroatoms. The van der Waals surface area contributed by atoms with Crippen LogP contribution in [0.2, 0.25) is 0 Å². The molecule has 10 rings (SSSR count). The highest BCUT2D eigenvalue weighted by Crippen LogP contribution is 2.45. The molecule has 3 heterocycles. The molecule has 47 heavy (non-hydrogen) atoms. The fraction of sp³-hybridized carbons (Fsp3) is 0. The van der Waals surface area contributed by atoms with E-state index in [1.54, 1.807) is 0 Å². The number of anilines is 6. The minimum atomic E-state index is -0.00282. The minimum Gasteiger partial charge on any atom is -0.458 e. The molecule has 7 aromatic carbocycles. The molecule has 0 aromatic heterocycles. The number of benzene rings is 7. The van der Waals surface area contributed by atoms with Gasteiger partial charge in [0, 0.05) is 40.2 Å². The van der Waals surface area contributed by atoms with Crippen molar-refractivity contribution in [3.8, 4) is 11.5 Å². The quantitative estimate of drug-likeness (QED) is 0.220. The van der Waals surface area contributed by atoms with Crippen molar-refractivity contribution in [3.05, 3.63) is 170 Å². The molecule has 0 N–H and O–H groups in total. The maximum atomic E-state index is 6.95. The molecule has 0 radical (unpaired) electrons. The number of hydrogen-bond donors (Lipinski definition) is 0. The third-order valence-corrected chi connectivity index (χ3v) is 9.95. The Morgan fingerprint density at radius 3 is 1.57 bits per heavy atom. The maximum Gasteiger partial charge on any atom is 0.256 e. The van der Waals surface area contributed by atoms with E-state index in [1.165, 1.54) is 49.8 Å². The third-order valence-electron chi connectivity index (χ3n) is 9.95. The fourth-order valence-electron chi connectivity index (χ4n) is 8.11. The van der Waals surface area contributed by atoms with Crippen molar-refractivity contribution in [2.24, 2.45) is 0 Å². The van der Waals surface area contributed by atoms with Crippen LogP contribution in [-0.2, 0) is 0 Å². The smallest absolute Gasteiger partial charge is 0.256 e. The fourth-order valence-corrected chi connectivity index (χ4v) is 8.11. The van der Waals surface area contributed by atoms with E-state index in [9.17, 15) is 0 Å². The Hall–Kier alpha value is -5.93. The van der Waals surface area contributed by atoms with Gasteiger partial charge in [-0.3, -0.25) is 0 Å². The van der Waals surface area contributed by atoms with Gasteiger partial charge in [0.15, 0.2) is 0 Å². The molecule has 0 amide bonds. The van der Waals surface area contributed by atoms with Crippen molar-refractivity contribution < 1.29 is 4.74 Å². The third kappa shape index (κ3) is 3.83. The minimum absolute atomic E-state index is 0.00282. The van der Waals surface area contributed by atoms with E-state index in [0.29, 0.717) is 0 Å². The van der Waals surface area contributed by atoms with Gasteiger partial charge in [0.1, 0.15) is 11.5 Å².